The van der Waals surface area contributed by atoms with Crippen LogP contribution in [0, 0.1) is 35.8 Å². The summed E-state index contributed by atoms with van der Waals surface area (Å²) in [7, 11) is 0. The fraction of sp³-hybridized carbons (Fsp3) is 0.312. The predicted molar refractivity (Wildman–Crippen MR) is 160 cm³/mol. The Hall–Kier alpha value is -5.58. The first-order valence-electron chi connectivity index (χ1n) is 13.4. The van der Waals surface area contributed by atoms with Gasteiger partial charge in [0.15, 0.2) is 0 Å². The summed E-state index contributed by atoms with van der Waals surface area (Å²) in [5.74, 6) is -0.793. The van der Waals surface area contributed by atoms with E-state index in [-0.39, 0.29) is 37.4 Å². The van der Waals surface area contributed by atoms with Gasteiger partial charge in [-0.1, -0.05) is 24.3 Å². The summed E-state index contributed by atoms with van der Waals surface area (Å²) in [5.41, 5.74) is 3.32. The van der Waals surface area contributed by atoms with E-state index in [4.69, 9.17) is 33.1 Å². The molecule has 2 aromatic carbocycles. The van der Waals surface area contributed by atoms with Crippen molar-refractivity contribution < 1.29 is 19.1 Å². The van der Waals surface area contributed by atoms with E-state index in [1.807, 2.05) is 72.2 Å². The molecular weight excluding hydrogens is 532 g/mol. The first kappa shape index (κ1) is 32.6. The summed E-state index contributed by atoms with van der Waals surface area (Å²) in [6.45, 7) is 20.1. The Balaban J connectivity index is 1.72. The normalized spacial score (nSPS) is 9.57. The highest BCUT2D eigenvalue weighted by atomic mass is 16.6. The highest BCUT2D eigenvalue weighted by Crippen LogP contribution is 2.19. The van der Waals surface area contributed by atoms with Crippen LogP contribution in [0.4, 0.5) is 11.4 Å². The van der Waals surface area contributed by atoms with Gasteiger partial charge < -0.3 is 19.3 Å². The van der Waals surface area contributed by atoms with Crippen molar-refractivity contribution in [2.24, 2.45) is 0 Å². The van der Waals surface area contributed by atoms with E-state index in [9.17, 15) is 9.59 Å². The quantitative estimate of drug-likeness (QED) is 0.121. The number of hydrogen-bond acceptors (Lipinski definition) is 8. The monoisotopic (exact) mass is 564 g/mol. The van der Waals surface area contributed by atoms with Crippen LogP contribution in [-0.2, 0) is 19.1 Å². The first-order valence-corrected chi connectivity index (χ1v) is 13.4. The van der Waals surface area contributed by atoms with E-state index < -0.39 is 11.9 Å². The maximum atomic E-state index is 12.2. The fourth-order valence-corrected chi connectivity index (χ4v) is 3.90. The lowest BCUT2D eigenvalue weighted by atomic mass is 10.1. The Labute approximate surface area is 246 Å². The van der Waals surface area contributed by atoms with E-state index >= 15 is 0 Å². The first-order chi connectivity index (χ1) is 20.4. The summed E-state index contributed by atoms with van der Waals surface area (Å²) < 4.78 is 10.4. The van der Waals surface area contributed by atoms with E-state index in [0.717, 1.165) is 22.5 Å². The van der Waals surface area contributed by atoms with E-state index in [1.165, 1.54) is 12.2 Å². The third-order valence-corrected chi connectivity index (χ3v) is 6.14. The van der Waals surface area contributed by atoms with Crippen LogP contribution < -0.4 is 9.80 Å². The van der Waals surface area contributed by atoms with Crippen molar-refractivity contribution >= 4 is 35.5 Å². The van der Waals surface area contributed by atoms with Gasteiger partial charge in [0, 0.05) is 43.6 Å². The Kier molecular flexibility index (Phi) is 13.9. The molecule has 214 valence electrons. The largest absolute Gasteiger partial charge is 0.519 e. The van der Waals surface area contributed by atoms with Gasteiger partial charge in [0.2, 0.25) is 0 Å². The molecule has 0 radical (unpaired) electrons. The molecule has 2 aromatic rings. The number of carbonyl (C=O) groups is 2. The number of carbonyl (C=O) groups excluding carboxylic acids is 2. The molecule has 0 aromatic heterocycles. The third kappa shape index (κ3) is 10.9. The number of nitrogens with zero attached hydrogens (tertiary/aromatic N) is 6. The number of nitriles is 2. The fourth-order valence-electron chi connectivity index (χ4n) is 3.90. The predicted octanol–water partition coefficient (Wildman–Crippen LogP) is 5.47. The van der Waals surface area contributed by atoms with Gasteiger partial charge in [0.1, 0.15) is 44.1 Å². The molecule has 0 saturated carbocycles. The molecule has 42 heavy (non-hydrogen) atoms. The van der Waals surface area contributed by atoms with Gasteiger partial charge in [-0.05, 0) is 55.3 Å². The molecule has 0 N–H and O–H groups in total. The lowest BCUT2D eigenvalue weighted by Gasteiger charge is -2.23. The highest BCUT2D eigenvalue weighted by Gasteiger charge is 2.12. The Morgan fingerprint density at radius 3 is 1.52 bits per heavy atom. The van der Waals surface area contributed by atoms with Crippen molar-refractivity contribution in [3.63, 3.8) is 0 Å². The zero-order chi connectivity index (χ0) is 30.7. The van der Waals surface area contributed by atoms with E-state index in [2.05, 4.69) is 9.69 Å². The minimum Gasteiger partial charge on any atom is -0.462 e. The minimum atomic E-state index is -0.396. The van der Waals surface area contributed by atoms with Gasteiger partial charge in [-0.2, -0.15) is 20.2 Å². The molecule has 0 spiro atoms. The van der Waals surface area contributed by atoms with Crippen LogP contribution in [0.15, 0.2) is 59.9 Å². The zero-order valence-electron chi connectivity index (χ0n) is 23.7. The third-order valence-electron chi connectivity index (χ3n) is 6.14. The van der Waals surface area contributed by atoms with Gasteiger partial charge in [0.25, 0.3) is 0 Å². The van der Waals surface area contributed by atoms with E-state index in [1.54, 1.807) is 12.1 Å². The Morgan fingerprint density at radius 2 is 1.17 bits per heavy atom. The summed E-state index contributed by atoms with van der Waals surface area (Å²) in [6.07, 6.45) is 3.36. The number of allylic oxidation sites excluding steroid dienone is 1. The summed E-state index contributed by atoms with van der Waals surface area (Å²) in [4.78, 5) is 34.8. The smallest absolute Gasteiger partial charge is 0.462 e. The molecule has 0 atom stereocenters. The van der Waals surface area contributed by atoms with Crippen LogP contribution in [-0.4, -0.2) is 51.3 Å². The van der Waals surface area contributed by atoms with Crippen molar-refractivity contribution in [3.8, 4) is 12.1 Å². The second kappa shape index (κ2) is 17.9. The van der Waals surface area contributed by atoms with Crippen LogP contribution in [0.25, 0.3) is 21.8 Å². The molecule has 0 amide bonds. The second-order valence-corrected chi connectivity index (χ2v) is 8.79. The second-order valence-electron chi connectivity index (χ2n) is 8.79. The van der Waals surface area contributed by atoms with Crippen LogP contribution in [0.5, 0.6) is 0 Å². The number of rotatable bonds is 15. The number of benzene rings is 2. The average molecular weight is 565 g/mol. The van der Waals surface area contributed by atoms with Crippen molar-refractivity contribution in [1.29, 1.82) is 10.5 Å². The number of esters is 2. The van der Waals surface area contributed by atoms with Gasteiger partial charge in [0.05, 0.1) is 12.8 Å². The molecule has 0 heterocycles. The zero-order valence-corrected chi connectivity index (χ0v) is 23.7. The van der Waals surface area contributed by atoms with Crippen molar-refractivity contribution in [2.45, 2.75) is 26.7 Å². The minimum absolute atomic E-state index is 0.00280. The maximum absolute atomic E-state index is 12.2. The SMILES string of the molecule is [C-]#[N+]C(=Cc1ccc(N(CC)CCC(=O)OCCOC(=O)CCN(CC)c2ccc(C=C(C#N)C#N)cc2)cc1)[N+]#[C-]. The molecule has 0 aliphatic rings. The lowest BCUT2D eigenvalue weighted by Crippen LogP contribution is -2.27. The molecular formula is C32H32N6O4. The molecule has 0 unspecified atom stereocenters. The van der Waals surface area contributed by atoms with Gasteiger partial charge in [-0.3, -0.25) is 9.59 Å². The van der Waals surface area contributed by atoms with Crippen LogP contribution in [0.2, 0.25) is 0 Å². The van der Waals surface area contributed by atoms with Crippen LogP contribution in [0.1, 0.15) is 37.8 Å². The van der Waals surface area contributed by atoms with Gasteiger partial charge in [-0.15, -0.1) is 0 Å². The molecule has 10 heteroatoms. The number of hydrogen-bond donors (Lipinski definition) is 0. The molecule has 0 fully saturated rings. The van der Waals surface area contributed by atoms with Crippen molar-refractivity contribution in [1.82, 2.24) is 0 Å². The van der Waals surface area contributed by atoms with Crippen LogP contribution >= 0.6 is 0 Å². The topological polar surface area (TPSA) is 115 Å². The summed E-state index contributed by atoms with van der Waals surface area (Å²) >= 11 is 0. The average Bonchev–Trinajstić information content (AvgIpc) is 3.02. The maximum Gasteiger partial charge on any atom is 0.519 e. The van der Waals surface area contributed by atoms with Crippen molar-refractivity contribution in [2.75, 3.05) is 49.2 Å². The molecule has 10 nitrogen and oxygen atoms in total. The number of ether oxygens (including phenoxy) is 2. The van der Waals surface area contributed by atoms with Gasteiger partial charge >= 0.3 is 17.8 Å². The molecule has 0 aliphatic carbocycles. The molecule has 2 rings (SSSR count). The van der Waals surface area contributed by atoms with Crippen molar-refractivity contribution in [3.05, 3.63) is 93.9 Å². The Bertz CT molecular complexity index is 1290. The highest BCUT2D eigenvalue weighted by molar-refractivity contribution is 5.71. The van der Waals surface area contributed by atoms with Crippen LogP contribution in [0.3, 0.4) is 0 Å². The van der Waals surface area contributed by atoms with E-state index in [0.29, 0.717) is 26.2 Å². The standard InChI is InChI=1S/C32H32N6O4/c1-5-37(28-11-7-25(8-12-28)21-27(23-33)24-34)17-15-31(39)41-19-20-42-32(40)16-18-38(6-2)29-13-9-26(10-14-29)22-30(35-3)36-4/h7-14,21-22H,5-6,15-20H2,1-2H3. The Morgan fingerprint density at radius 1 is 0.762 bits per heavy atom. The summed E-state index contributed by atoms with van der Waals surface area (Å²) in [5, 5.41) is 17.8. The molecule has 0 bridgehead atoms. The van der Waals surface area contributed by atoms with Gasteiger partial charge in [-0.25, -0.2) is 0 Å². The molecule has 0 saturated heterocycles. The number of anilines is 2. The lowest BCUT2D eigenvalue weighted by molar-refractivity contribution is -0.152. The summed E-state index contributed by atoms with van der Waals surface area (Å²) in [6, 6.07) is 18.4. The molecule has 0 aliphatic heterocycles.